The second kappa shape index (κ2) is 11.0. The minimum atomic E-state index is -0.208. The minimum absolute atomic E-state index is 0.00524. The van der Waals surface area contributed by atoms with Gasteiger partial charge in [-0.05, 0) is 49.7 Å². The number of hydrogen-bond donors (Lipinski definition) is 2. The van der Waals surface area contributed by atoms with Crippen LogP contribution in [0.15, 0.2) is 18.2 Å². The van der Waals surface area contributed by atoms with Gasteiger partial charge < -0.3 is 20.3 Å². The topological polar surface area (TPSA) is 73.9 Å². The van der Waals surface area contributed by atoms with Crippen LogP contribution in [-0.2, 0) is 14.3 Å². The third kappa shape index (κ3) is 6.76. The van der Waals surface area contributed by atoms with E-state index in [0.717, 1.165) is 37.4 Å². The Labute approximate surface area is 172 Å². The molecule has 0 aliphatic carbocycles. The number of rotatable bonds is 7. The molecule has 0 radical (unpaired) electrons. The number of hydrogen-bond acceptors (Lipinski definition) is 5. The van der Waals surface area contributed by atoms with Crippen LogP contribution in [0, 0.1) is 13.8 Å². The van der Waals surface area contributed by atoms with Gasteiger partial charge in [-0.25, -0.2) is 0 Å². The van der Waals surface area contributed by atoms with Crippen molar-refractivity contribution in [2.24, 2.45) is 0 Å². The van der Waals surface area contributed by atoms with Gasteiger partial charge in [0.1, 0.15) is 0 Å². The van der Waals surface area contributed by atoms with E-state index >= 15 is 0 Å². The van der Waals surface area contributed by atoms with E-state index in [0.29, 0.717) is 31.0 Å². The van der Waals surface area contributed by atoms with E-state index in [1.54, 1.807) is 0 Å². The van der Waals surface area contributed by atoms with Gasteiger partial charge >= 0.3 is 5.97 Å². The summed E-state index contributed by atoms with van der Waals surface area (Å²) in [7, 11) is 1.39. The average molecular weight is 407 g/mol. The second-order valence-corrected chi connectivity index (χ2v) is 7.36. The first-order chi connectivity index (χ1) is 13.4. The van der Waals surface area contributed by atoms with Crippen LogP contribution in [0.2, 0.25) is 0 Å². The predicted molar refractivity (Wildman–Crippen MR) is 114 cm³/mol. The number of aryl methyl sites for hydroxylation is 1. The molecular formula is C20H30N4O3S. The first-order valence-electron chi connectivity index (χ1n) is 9.58. The van der Waals surface area contributed by atoms with Gasteiger partial charge in [-0.15, -0.1) is 0 Å². The Balaban J connectivity index is 1.68. The molecule has 0 unspecified atom stereocenters. The number of carbonyl (C=O) groups excluding carboxylic acids is 2. The largest absolute Gasteiger partial charge is 0.469 e. The standard InChI is InChI=1S/C20H30N4O3S/c1-15-6-4-7-17(16(15)2)22-18(25)14-23-10-12-24(13-11-23)20(28)21-9-5-8-19(26)27-3/h4,6-7H,5,8-14H2,1-3H3,(H,21,28)(H,22,25). The van der Waals surface area contributed by atoms with E-state index in [2.05, 4.69) is 25.2 Å². The SMILES string of the molecule is COC(=O)CCCNC(=S)N1CCN(CC(=O)Nc2cccc(C)c2C)CC1. The smallest absolute Gasteiger partial charge is 0.305 e. The summed E-state index contributed by atoms with van der Waals surface area (Å²) in [5.41, 5.74) is 3.14. The van der Waals surface area contributed by atoms with Crippen molar-refractivity contribution in [2.45, 2.75) is 26.7 Å². The highest BCUT2D eigenvalue weighted by molar-refractivity contribution is 7.80. The minimum Gasteiger partial charge on any atom is -0.469 e. The Hall–Kier alpha value is -2.19. The van der Waals surface area contributed by atoms with E-state index in [1.807, 2.05) is 32.0 Å². The molecule has 0 spiro atoms. The van der Waals surface area contributed by atoms with Gasteiger partial charge in [0.25, 0.3) is 0 Å². The molecule has 2 rings (SSSR count). The lowest BCUT2D eigenvalue weighted by Crippen LogP contribution is -2.53. The molecule has 1 fully saturated rings. The van der Waals surface area contributed by atoms with Crippen LogP contribution in [-0.4, -0.2) is 73.2 Å². The molecule has 8 heteroatoms. The molecule has 0 bridgehead atoms. The van der Waals surface area contributed by atoms with Gasteiger partial charge in [-0.2, -0.15) is 0 Å². The quantitative estimate of drug-likeness (QED) is 0.405. The monoisotopic (exact) mass is 406 g/mol. The number of nitrogens with one attached hydrogen (secondary N) is 2. The van der Waals surface area contributed by atoms with Crippen LogP contribution < -0.4 is 10.6 Å². The van der Waals surface area contributed by atoms with Crippen LogP contribution in [0.5, 0.6) is 0 Å². The summed E-state index contributed by atoms with van der Waals surface area (Å²) in [5.74, 6) is -0.203. The van der Waals surface area contributed by atoms with Gasteiger partial charge in [-0.1, -0.05) is 12.1 Å². The average Bonchev–Trinajstić information content (AvgIpc) is 2.69. The third-order valence-corrected chi connectivity index (χ3v) is 5.37. The maximum atomic E-state index is 12.4. The Bertz CT molecular complexity index is 703. The maximum Gasteiger partial charge on any atom is 0.305 e. The van der Waals surface area contributed by atoms with Crippen molar-refractivity contribution in [3.8, 4) is 0 Å². The number of benzene rings is 1. The Kier molecular flexibility index (Phi) is 8.66. The molecule has 1 aliphatic heterocycles. The molecule has 1 amide bonds. The third-order valence-electron chi connectivity index (χ3n) is 4.97. The fraction of sp³-hybridized carbons (Fsp3) is 0.550. The maximum absolute atomic E-state index is 12.4. The van der Waals surface area contributed by atoms with Crippen LogP contribution in [0.3, 0.4) is 0 Å². The van der Waals surface area contributed by atoms with Crippen LogP contribution in [0.1, 0.15) is 24.0 Å². The highest BCUT2D eigenvalue weighted by Gasteiger charge is 2.20. The lowest BCUT2D eigenvalue weighted by Gasteiger charge is -2.35. The van der Waals surface area contributed by atoms with Crippen LogP contribution in [0.4, 0.5) is 5.69 Å². The highest BCUT2D eigenvalue weighted by atomic mass is 32.1. The molecule has 0 atom stereocenters. The number of methoxy groups -OCH3 is 1. The van der Waals surface area contributed by atoms with E-state index in [-0.39, 0.29) is 11.9 Å². The Morgan fingerprint density at radius 1 is 1.18 bits per heavy atom. The lowest BCUT2D eigenvalue weighted by atomic mass is 10.1. The summed E-state index contributed by atoms with van der Waals surface area (Å²) < 4.78 is 4.62. The second-order valence-electron chi connectivity index (χ2n) is 6.97. The molecule has 7 nitrogen and oxygen atoms in total. The molecule has 1 aromatic carbocycles. The van der Waals surface area contributed by atoms with E-state index < -0.39 is 0 Å². The van der Waals surface area contributed by atoms with Gasteiger partial charge in [0.2, 0.25) is 5.91 Å². The first kappa shape index (κ1) is 22.1. The fourth-order valence-electron chi connectivity index (χ4n) is 3.03. The van der Waals surface area contributed by atoms with Gasteiger partial charge in [0, 0.05) is 44.8 Å². The van der Waals surface area contributed by atoms with Crippen molar-refractivity contribution in [3.63, 3.8) is 0 Å². The molecule has 28 heavy (non-hydrogen) atoms. The van der Waals surface area contributed by atoms with Crippen LogP contribution >= 0.6 is 12.2 Å². The number of thiocarbonyl (C=S) groups is 1. The number of amides is 1. The zero-order chi connectivity index (χ0) is 20.5. The van der Waals surface area contributed by atoms with Gasteiger partial charge in [0.15, 0.2) is 5.11 Å². The van der Waals surface area contributed by atoms with Crippen molar-refractivity contribution in [1.82, 2.24) is 15.1 Å². The summed E-state index contributed by atoms with van der Waals surface area (Å²) in [4.78, 5) is 27.7. The van der Waals surface area contributed by atoms with E-state index in [4.69, 9.17) is 12.2 Å². The predicted octanol–water partition coefficient (Wildman–Crippen LogP) is 1.69. The summed E-state index contributed by atoms with van der Waals surface area (Å²) >= 11 is 5.42. The van der Waals surface area contributed by atoms with Crippen molar-refractivity contribution < 1.29 is 14.3 Å². The Morgan fingerprint density at radius 3 is 2.57 bits per heavy atom. The number of nitrogens with zero attached hydrogens (tertiary/aromatic N) is 2. The van der Waals surface area contributed by atoms with Crippen molar-refractivity contribution in [1.29, 1.82) is 0 Å². The zero-order valence-corrected chi connectivity index (χ0v) is 17.7. The van der Waals surface area contributed by atoms with Gasteiger partial charge in [0.05, 0.1) is 13.7 Å². The summed E-state index contributed by atoms with van der Waals surface area (Å²) in [6.45, 7) is 8.19. The van der Waals surface area contributed by atoms with E-state index in [9.17, 15) is 9.59 Å². The molecule has 2 N–H and O–H groups in total. The molecule has 1 heterocycles. The number of carbonyl (C=O) groups is 2. The number of piperazine rings is 1. The summed E-state index contributed by atoms with van der Waals surface area (Å²) in [5, 5.41) is 6.89. The fourth-order valence-corrected chi connectivity index (χ4v) is 3.31. The van der Waals surface area contributed by atoms with Crippen LogP contribution in [0.25, 0.3) is 0 Å². The normalized spacial score (nSPS) is 14.5. The summed E-state index contributed by atoms with van der Waals surface area (Å²) in [6, 6.07) is 5.93. The van der Waals surface area contributed by atoms with Crippen molar-refractivity contribution >= 4 is 34.9 Å². The molecule has 1 aliphatic rings. The molecule has 0 saturated carbocycles. The zero-order valence-electron chi connectivity index (χ0n) is 16.9. The number of ether oxygens (including phenoxy) is 1. The highest BCUT2D eigenvalue weighted by Crippen LogP contribution is 2.17. The Morgan fingerprint density at radius 2 is 1.89 bits per heavy atom. The molecule has 1 aromatic rings. The molecular weight excluding hydrogens is 376 g/mol. The van der Waals surface area contributed by atoms with Gasteiger partial charge in [-0.3, -0.25) is 14.5 Å². The lowest BCUT2D eigenvalue weighted by molar-refractivity contribution is -0.140. The molecule has 154 valence electrons. The molecule has 0 aromatic heterocycles. The van der Waals surface area contributed by atoms with Crippen molar-refractivity contribution in [3.05, 3.63) is 29.3 Å². The first-order valence-corrected chi connectivity index (χ1v) is 9.99. The summed E-state index contributed by atoms with van der Waals surface area (Å²) in [6.07, 6.45) is 1.07. The number of esters is 1. The number of anilines is 1. The van der Waals surface area contributed by atoms with Crippen molar-refractivity contribution in [2.75, 3.05) is 51.7 Å². The molecule has 1 saturated heterocycles. The van der Waals surface area contributed by atoms with E-state index in [1.165, 1.54) is 12.7 Å².